The number of nitrogen functional groups attached to an aromatic ring is 1. The Kier molecular flexibility index (Phi) is 5.17. The molecule has 2 rings (SSSR count). The SMILES string of the molecule is CC(C)c1c(NN)ncnc1NC(C)C1CCCCC1. The second-order valence-electron chi connectivity index (χ2n) is 6.11. The van der Waals surface area contributed by atoms with Crippen LogP contribution in [-0.2, 0) is 0 Å². The summed E-state index contributed by atoms with van der Waals surface area (Å²) in [6.07, 6.45) is 8.29. The molecular formula is C15H27N5. The van der Waals surface area contributed by atoms with Crippen LogP contribution in [0.2, 0.25) is 0 Å². The molecule has 5 nitrogen and oxygen atoms in total. The van der Waals surface area contributed by atoms with Gasteiger partial charge in [-0.3, -0.25) is 0 Å². The van der Waals surface area contributed by atoms with Crippen LogP contribution in [0.25, 0.3) is 0 Å². The molecule has 20 heavy (non-hydrogen) atoms. The number of rotatable bonds is 5. The van der Waals surface area contributed by atoms with Crippen LogP contribution in [0.3, 0.4) is 0 Å². The van der Waals surface area contributed by atoms with Gasteiger partial charge in [0, 0.05) is 11.6 Å². The van der Waals surface area contributed by atoms with Gasteiger partial charge >= 0.3 is 0 Å². The molecule has 1 saturated carbocycles. The molecule has 0 bridgehead atoms. The summed E-state index contributed by atoms with van der Waals surface area (Å²) in [5, 5.41) is 3.59. The third-order valence-electron chi connectivity index (χ3n) is 4.32. The molecule has 1 aromatic heterocycles. The fraction of sp³-hybridized carbons (Fsp3) is 0.733. The molecular weight excluding hydrogens is 250 g/mol. The molecule has 5 heteroatoms. The monoisotopic (exact) mass is 277 g/mol. The zero-order valence-electron chi connectivity index (χ0n) is 12.8. The molecule has 1 unspecified atom stereocenters. The summed E-state index contributed by atoms with van der Waals surface area (Å²) >= 11 is 0. The van der Waals surface area contributed by atoms with Crippen molar-refractivity contribution < 1.29 is 0 Å². The van der Waals surface area contributed by atoms with Crippen LogP contribution >= 0.6 is 0 Å². The highest BCUT2D eigenvalue weighted by atomic mass is 15.3. The maximum Gasteiger partial charge on any atom is 0.148 e. The van der Waals surface area contributed by atoms with E-state index in [0.29, 0.717) is 17.8 Å². The van der Waals surface area contributed by atoms with Crippen LogP contribution in [0.15, 0.2) is 6.33 Å². The average molecular weight is 277 g/mol. The van der Waals surface area contributed by atoms with Crippen LogP contribution in [0.5, 0.6) is 0 Å². The van der Waals surface area contributed by atoms with Gasteiger partial charge in [0.05, 0.1) is 0 Å². The Morgan fingerprint density at radius 3 is 2.35 bits per heavy atom. The first-order valence-corrected chi connectivity index (χ1v) is 7.71. The Morgan fingerprint density at radius 1 is 1.10 bits per heavy atom. The minimum Gasteiger partial charge on any atom is -0.367 e. The quantitative estimate of drug-likeness (QED) is 0.569. The molecule has 0 radical (unpaired) electrons. The second kappa shape index (κ2) is 6.88. The predicted octanol–water partition coefficient (Wildman–Crippen LogP) is 3.27. The fourth-order valence-electron chi connectivity index (χ4n) is 3.14. The highest BCUT2D eigenvalue weighted by Gasteiger charge is 2.22. The van der Waals surface area contributed by atoms with Gasteiger partial charge in [0.15, 0.2) is 0 Å². The molecule has 1 aliphatic carbocycles. The zero-order valence-corrected chi connectivity index (χ0v) is 12.8. The molecule has 1 aliphatic rings. The zero-order chi connectivity index (χ0) is 14.5. The van der Waals surface area contributed by atoms with Crippen molar-refractivity contribution in [2.45, 2.75) is 64.8 Å². The number of nitrogens with two attached hydrogens (primary N) is 1. The molecule has 1 aromatic rings. The van der Waals surface area contributed by atoms with E-state index in [2.05, 4.69) is 41.5 Å². The van der Waals surface area contributed by atoms with E-state index in [4.69, 9.17) is 5.84 Å². The lowest BCUT2D eigenvalue weighted by Crippen LogP contribution is -2.29. The molecule has 1 atom stereocenters. The smallest absolute Gasteiger partial charge is 0.148 e. The van der Waals surface area contributed by atoms with Crippen LogP contribution in [-0.4, -0.2) is 16.0 Å². The second-order valence-corrected chi connectivity index (χ2v) is 6.11. The van der Waals surface area contributed by atoms with Crippen LogP contribution in [0, 0.1) is 5.92 Å². The first kappa shape index (κ1) is 15.0. The van der Waals surface area contributed by atoms with Crippen molar-refractivity contribution in [3.63, 3.8) is 0 Å². The van der Waals surface area contributed by atoms with Crippen molar-refractivity contribution in [3.05, 3.63) is 11.9 Å². The average Bonchev–Trinajstić information content (AvgIpc) is 2.47. The van der Waals surface area contributed by atoms with Crippen molar-refractivity contribution in [2.24, 2.45) is 11.8 Å². The van der Waals surface area contributed by atoms with Gasteiger partial charge < -0.3 is 10.7 Å². The van der Waals surface area contributed by atoms with Crippen molar-refractivity contribution in [3.8, 4) is 0 Å². The van der Waals surface area contributed by atoms with Crippen molar-refractivity contribution >= 4 is 11.6 Å². The van der Waals surface area contributed by atoms with Gasteiger partial charge in [-0.15, -0.1) is 0 Å². The van der Waals surface area contributed by atoms with Crippen molar-refractivity contribution in [2.75, 3.05) is 10.7 Å². The van der Waals surface area contributed by atoms with Crippen molar-refractivity contribution in [1.29, 1.82) is 0 Å². The lowest BCUT2D eigenvalue weighted by molar-refractivity contribution is 0.328. The van der Waals surface area contributed by atoms with Crippen LogP contribution in [0.1, 0.15) is 64.4 Å². The van der Waals surface area contributed by atoms with E-state index in [9.17, 15) is 0 Å². The number of hydrogen-bond acceptors (Lipinski definition) is 5. The van der Waals surface area contributed by atoms with Gasteiger partial charge in [0.1, 0.15) is 18.0 Å². The Morgan fingerprint density at radius 2 is 1.75 bits per heavy atom. The third kappa shape index (κ3) is 3.39. The predicted molar refractivity (Wildman–Crippen MR) is 83.6 cm³/mol. The summed E-state index contributed by atoms with van der Waals surface area (Å²) in [5.74, 6) is 8.26. The lowest BCUT2D eigenvalue weighted by Gasteiger charge is -2.29. The molecule has 4 N–H and O–H groups in total. The number of anilines is 2. The highest BCUT2D eigenvalue weighted by Crippen LogP contribution is 2.31. The minimum atomic E-state index is 0.323. The Bertz CT molecular complexity index is 426. The molecule has 1 fully saturated rings. The van der Waals surface area contributed by atoms with Gasteiger partial charge in [-0.2, -0.15) is 0 Å². The van der Waals surface area contributed by atoms with Crippen LogP contribution < -0.4 is 16.6 Å². The summed E-state index contributed by atoms with van der Waals surface area (Å²) in [6, 6.07) is 0.438. The summed E-state index contributed by atoms with van der Waals surface area (Å²) in [5.41, 5.74) is 3.75. The molecule has 0 saturated heterocycles. The topological polar surface area (TPSA) is 75.9 Å². The van der Waals surface area contributed by atoms with E-state index in [0.717, 1.165) is 17.3 Å². The van der Waals surface area contributed by atoms with Gasteiger partial charge in [-0.1, -0.05) is 33.1 Å². The Hall–Kier alpha value is -1.36. The van der Waals surface area contributed by atoms with Gasteiger partial charge in [-0.25, -0.2) is 15.8 Å². The fourth-order valence-corrected chi connectivity index (χ4v) is 3.14. The van der Waals surface area contributed by atoms with E-state index in [1.165, 1.54) is 32.1 Å². The summed E-state index contributed by atoms with van der Waals surface area (Å²) in [4.78, 5) is 8.64. The summed E-state index contributed by atoms with van der Waals surface area (Å²) < 4.78 is 0. The van der Waals surface area contributed by atoms with E-state index in [-0.39, 0.29) is 0 Å². The summed E-state index contributed by atoms with van der Waals surface area (Å²) in [7, 11) is 0. The molecule has 112 valence electrons. The number of nitrogens with one attached hydrogen (secondary N) is 2. The molecule has 0 amide bonds. The first-order chi connectivity index (χ1) is 9.63. The minimum absolute atomic E-state index is 0.323. The molecule has 0 spiro atoms. The van der Waals surface area contributed by atoms with Gasteiger partial charge in [-0.05, 0) is 31.6 Å². The standard InChI is InChI=1S/C15H27N5/c1-10(2)13-14(17-9-18-15(13)20-16)19-11(3)12-7-5-4-6-8-12/h9-12H,4-8,16H2,1-3H3,(H2,17,18,19,20). The number of hydrogen-bond donors (Lipinski definition) is 3. The maximum atomic E-state index is 5.56. The number of hydrazine groups is 1. The summed E-state index contributed by atoms with van der Waals surface area (Å²) in [6.45, 7) is 6.53. The molecule has 1 heterocycles. The number of nitrogens with zero attached hydrogens (tertiary/aromatic N) is 2. The number of aromatic nitrogens is 2. The van der Waals surface area contributed by atoms with E-state index in [1.807, 2.05) is 0 Å². The molecule has 0 aromatic carbocycles. The van der Waals surface area contributed by atoms with Crippen LogP contribution in [0.4, 0.5) is 11.6 Å². The van der Waals surface area contributed by atoms with E-state index < -0.39 is 0 Å². The highest BCUT2D eigenvalue weighted by molar-refractivity contribution is 5.58. The first-order valence-electron chi connectivity index (χ1n) is 7.71. The van der Waals surface area contributed by atoms with Crippen molar-refractivity contribution in [1.82, 2.24) is 9.97 Å². The molecule has 0 aliphatic heterocycles. The Balaban J connectivity index is 2.15. The normalized spacial score (nSPS) is 18.1. The van der Waals surface area contributed by atoms with E-state index in [1.54, 1.807) is 6.33 Å². The Labute approximate surface area is 121 Å². The largest absolute Gasteiger partial charge is 0.367 e. The van der Waals surface area contributed by atoms with E-state index >= 15 is 0 Å². The van der Waals surface area contributed by atoms with Gasteiger partial charge in [0.2, 0.25) is 0 Å². The van der Waals surface area contributed by atoms with Gasteiger partial charge in [0.25, 0.3) is 0 Å². The lowest BCUT2D eigenvalue weighted by atomic mass is 9.84. The third-order valence-corrected chi connectivity index (χ3v) is 4.32. The maximum absolute atomic E-state index is 5.56.